The minimum atomic E-state index is -0.531. The van der Waals surface area contributed by atoms with E-state index in [4.69, 9.17) is 9.47 Å². The van der Waals surface area contributed by atoms with Crippen molar-refractivity contribution < 1.29 is 14.3 Å². The molecule has 1 aliphatic rings. The predicted octanol–water partition coefficient (Wildman–Crippen LogP) is 2.27. The van der Waals surface area contributed by atoms with Gasteiger partial charge in [0.25, 0.3) is 5.56 Å². The lowest BCUT2D eigenvalue weighted by molar-refractivity contribution is 0.0178. The highest BCUT2D eigenvalue weighted by Gasteiger charge is 2.27. The minimum Gasteiger partial charge on any atom is -0.491 e. The zero-order chi connectivity index (χ0) is 19.6. The number of rotatable bonds is 3. The first-order valence-electron chi connectivity index (χ1n) is 8.74. The molecular formula is C18H23BrN4O4. The largest absolute Gasteiger partial charge is 0.491 e. The minimum absolute atomic E-state index is 0.0731. The summed E-state index contributed by atoms with van der Waals surface area (Å²) < 4.78 is 12.1. The number of hydrogen-bond donors (Lipinski definition) is 2. The fraction of sp³-hybridized carbons (Fsp3) is 0.500. The molecular weight excluding hydrogens is 416 g/mol. The normalized spacial score (nSPS) is 17.8. The molecule has 1 saturated heterocycles. The van der Waals surface area contributed by atoms with Crippen LogP contribution in [-0.4, -0.2) is 58.8 Å². The summed E-state index contributed by atoms with van der Waals surface area (Å²) in [6, 6.07) is 3.44. The van der Waals surface area contributed by atoms with E-state index in [2.05, 4.69) is 31.2 Å². The number of nitrogens with one attached hydrogen (secondary N) is 2. The molecule has 0 bridgehead atoms. The van der Waals surface area contributed by atoms with Gasteiger partial charge in [-0.25, -0.2) is 9.78 Å². The average molecular weight is 439 g/mol. The molecule has 146 valence electrons. The Bertz CT molecular complexity index is 893. The SMILES string of the molecule is CC(C)(C)OC(=O)N1CCN[C@H](COc2cc(Br)cc3nc[nH]c(=O)c23)C1. The van der Waals surface area contributed by atoms with Crippen molar-refractivity contribution in [3.05, 3.63) is 33.3 Å². The molecule has 2 aromatic rings. The number of fused-ring (bicyclic) bond motifs is 1. The Morgan fingerprint density at radius 3 is 2.93 bits per heavy atom. The number of benzene rings is 1. The average Bonchev–Trinajstić information content (AvgIpc) is 2.58. The Hall–Kier alpha value is -2.13. The lowest BCUT2D eigenvalue weighted by Crippen LogP contribution is -2.55. The van der Waals surface area contributed by atoms with Crippen LogP contribution in [-0.2, 0) is 4.74 Å². The van der Waals surface area contributed by atoms with Gasteiger partial charge in [-0.1, -0.05) is 15.9 Å². The van der Waals surface area contributed by atoms with Gasteiger partial charge in [0.15, 0.2) is 0 Å². The van der Waals surface area contributed by atoms with Gasteiger partial charge in [-0.2, -0.15) is 0 Å². The van der Waals surface area contributed by atoms with E-state index in [1.54, 1.807) is 17.0 Å². The molecule has 0 radical (unpaired) electrons. The summed E-state index contributed by atoms with van der Waals surface area (Å²) in [5.74, 6) is 0.449. The maximum absolute atomic E-state index is 12.3. The van der Waals surface area contributed by atoms with Crippen molar-refractivity contribution >= 4 is 32.9 Å². The number of ether oxygens (including phenoxy) is 2. The van der Waals surface area contributed by atoms with E-state index in [0.717, 1.165) is 4.47 Å². The molecule has 1 aromatic carbocycles. The number of halogens is 1. The van der Waals surface area contributed by atoms with E-state index in [1.807, 2.05) is 20.8 Å². The number of aromatic amines is 1. The van der Waals surface area contributed by atoms with Gasteiger partial charge in [-0.15, -0.1) is 0 Å². The van der Waals surface area contributed by atoms with Gasteiger partial charge in [0, 0.05) is 24.1 Å². The number of hydrogen-bond acceptors (Lipinski definition) is 6. The van der Waals surface area contributed by atoms with Crippen LogP contribution in [0.4, 0.5) is 4.79 Å². The Kier molecular flexibility index (Phi) is 5.71. The van der Waals surface area contributed by atoms with Crippen LogP contribution < -0.4 is 15.6 Å². The van der Waals surface area contributed by atoms with Gasteiger partial charge < -0.3 is 24.7 Å². The Morgan fingerprint density at radius 2 is 2.19 bits per heavy atom. The molecule has 1 aromatic heterocycles. The van der Waals surface area contributed by atoms with Gasteiger partial charge in [0.2, 0.25) is 0 Å². The lowest BCUT2D eigenvalue weighted by Gasteiger charge is -2.34. The van der Waals surface area contributed by atoms with Crippen molar-refractivity contribution in [2.24, 2.45) is 0 Å². The monoisotopic (exact) mass is 438 g/mol. The van der Waals surface area contributed by atoms with Crippen molar-refractivity contribution in [2.45, 2.75) is 32.4 Å². The molecule has 2 heterocycles. The highest BCUT2D eigenvalue weighted by atomic mass is 79.9. The third-order valence-corrected chi connectivity index (χ3v) is 4.48. The Labute approximate surface area is 165 Å². The third-order valence-electron chi connectivity index (χ3n) is 4.02. The topological polar surface area (TPSA) is 96.5 Å². The molecule has 9 heteroatoms. The zero-order valence-corrected chi connectivity index (χ0v) is 17.1. The molecule has 1 aliphatic heterocycles. The van der Waals surface area contributed by atoms with Gasteiger partial charge >= 0.3 is 6.09 Å². The van der Waals surface area contributed by atoms with E-state index in [9.17, 15) is 9.59 Å². The number of carbonyl (C=O) groups is 1. The van der Waals surface area contributed by atoms with Crippen LogP contribution in [0.15, 0.2) is 27.7 Å². The van der Waals surface area contributed by atoms with Crippen molar-refractivity contribution in [2.75, 3.05) is 26.2 Å². The molecule has 8 nitrogen and oxygen atoms in total. The van der Waals surface area contributed by atoms with Crippen molar-refractivity contribution in [3.8, 4) is 5.75 Å². The van der Waals surface area contributed by atoms with Crippen LogP contribution in [0, 0.1) is 0 Å². The standard InChI is InChI=1S/C18H23BrN4O4/c1-18(2,3)27-17(25)23-5-4-20-12(8-23)9-26-14-7-11(19)6-13-15(14)16(24)22-10-21-13/h6-7,10,12,20H,4-5,8-9H2,1-3H3,(H,21,22,24)/t12-/m0/s1. The summed E-state index contributed by atoms with van der Waals surface area (Å²) in [5.41, 5.74) is -0.235. The highest BCUT2D eigenvalue weighted by molar-refractivity contribution is 9.10. The van der Waals surface area contributed by atoms with Crippen LogP contribution >= 0.6 is 15.9 Å². The molecule has 2 N–H and O–H groups in total. The fourth-order valence-corrected chi connectivity index (χ4v) is 3.29. The van der Waals surface area contributed by atoms with E-state index < -0.39 is 5.60 Å². The van der Waals surface area contributed by atoms with Gasteiger partial charge in [-0.3, -0.25) is 4.79 Å². The number of H-pyrrole nitrogens is 1. The molecule has 1 fully saturated rings. The molecule has 3 rings (SSSR count). The summed E-state index contributed by atoms with van der Waals surface area (Å²) >= 11 is 3.41. The second-order valence-corrected chi connectivity index (χ2v) is 8.33. The summed E-state index contributed by atoms with van der Waals surface area (Å²) in [5, 5.41) is 3.73. The van der Waals surface area contributed by atoms with Crippen LogP contribution in [0.25, 0.3) is 10.9 Å². The molecule has 0 aliphatic carbocycles. The maximum atomic E-state index is 12.3. The number of piperazine rings is 1. The van der Waals surface area contributed by atoms with Crippen molar-refractivity contribution in [1.82, 2.24) is 20.2 Å². The summed E-state index contributed by atoms with van der Waals surface area (Å²) in [7, 11) is 0. The van der Waals surface area contributed by atoms with Gasteiger partial charge in [0.05, 0.1) is 17.9 Å². The smallest absolute Gasteiger partial charge is 0.410 e. The number of nitrogens with zero attached hydrogens (tertiary/aromatic N) is 2. The first-order valence-corrected chi connectivity index (χ1v) is 9.53. The third kappa shape index (κ3) is 4.98. The number of aromatic nitrogens is 2. The predicted molar refractivity (Wildman–Crippen MR) is 105 cm³/mol. The lowest BCUT2D eigenvalue weighted by atomic mass is 10.2. The number of carbonyl (C=O) groups excluding carboxylic acids is 1. The van der Waals surface area contributed by atoms with Crippen molar-refractivity contribution in [1.29, 1.82) is 0 Å². The van der Waals surface area contributed by atoms with Gasteiger partial charge in [-0.05, 0) is 32.9 Å². The zero-order valence-electron chi connectivity index (χ0n) is 15.5. The second-order valence-electron chi connectivity index (χ2n) is 7.42. The van der Waals surface area contributed by atoms with E-state index in [0.29, 0.717) is 42.9 Å². The van der Waals surface area contributed by atoms with Crippen LogP contribution in [0.5, 0.6) is 5.75 Å². The van der Waals surface area contributed by atoms with Crippen LogP contribution in [0.2, 0.25) is 0 Å². The molecule has 1 amide bonds. The van der Waals surface area contributed by atoms with E-state index >= 15 is 0 Å². The second kappa shape index (κ2) is 7.85. The fourth-order valence-electron chi connectivity index (χ4n) is 2.86. The van der Waals surface area contributed by atoms with Crippen molar-refractivity contribution in [3.63, 3.8) is 0 Å². The van der Waals surface area contributed by atoms with E-state index in [-0.39, 0.29) is 17.7 Å². The number of amides is 1. The Morgan fingerprint density at radius 1 is 1.41 bits per heavy atom. The molecule has 0 unspecified atom stereocenters. The first-order chi connectivity index (χ1) is 12.7. The quantitative estimate of drug-likeness (QED) is 0.762. The molecule has 0 saturated carbocycles. The Balaban J connectivity index is 1.69. The summed E-state index contributed by atoms with van der Waals surface area (Å²) in [6.45, 7) is 7.53. The van der Waals surface area contributed by atoms with Crippen LogP contribution in [0.3, 0.4) is 0 Å². The highest BCUT2D eigenvalue weighted by Crippen LogP contribution is 2.26. The van der Waals surface area contributed by atoms with Crippen LogP contribution in [0.1, 0.15) is 20.8 Å². The van der Waals surface area contributed by atoms with Gasteiger partial charge in [0.1, 0.15) is 23.3 Å². The summed E-state index contributed by atoms with van der Waals surface area (Å²) in [6.07, 6.45) is 1.03. The van der Waals surface area contributed by atoms with E-state index in [1.165, 1.54) is 6.33 Å². The summed E-state index contributed by atoms with van der Waals surface area (Å²) in [4.78, 5) is 32.8. The molecule has 0 spiro atoms. The first kappa shape index (κ1) is 19.6. The molecule has 27 heavy (non-hydrogen) atoms. The molecule has 1 atom stereocenters. The maximum Gasteiger partial charge on any atom is 0.410 e.